The number of aromatic nitrogens is 1. The number of benzene rings is 1. The van der Waals surface area contributed by atoms with Crippen LogP contribution in [-0.2, 0) is 0 Å². The lowest BCUT2D eigenvalue weighted by Gasteiger charge is -2.12. The summed E-state index contributed by atoms with van der Waals surface area (Å²) in [6.45, 7) is 1.89. The summed E-state index contributed by atoms with van der Waals surface area (Å²) in [5.74, 6) is 0. The van der Waals surface area contributed by atoms with Gasteiger partial charge in [-0.1, -0.05) is 0 Å². The summed E-state index contributed by atoms with van der Waals surface area (Å²) in [6, 6.07) is 7.83. The lowest BCUT2D eigenvalue weighted by molar-refractivity contribution is 1.13. The van der Waals surface area contributed by atoms with Gasteiger partial charge in [0.25, 0.3) is 5.56 Å². The molecule has 1 N–H and O–H groups in total. The Kier molecular flexibility index (Phi) is 2.23. The molecule has 3 nitrogen and oxygen atoms in total. The smallest absolute Gasteiger partial charge is 0.256 e. The number of nitrogens with zero attached hydrogens (tertiary/aromatic N) is 1. The zero-order valence-corrected chi connectivity index (χ0v) is 9.16. The van der Waals surface area contributed by atoms with E-state index >= 15 is 0 Å². The summed E-state index contributed by atoms with van der Waals surface area (Å²) >= 11 is 0. The molecule has 0 fully saturated rings. The van der Waals surface area contributed by atoms with Crippen molar-refractivity contribution < 1.29 is 0 Å². The van der Waals surface area contributed by atoms with E-state index < -0.39 is 0 Å². The lowest BCUT2D eigenvalue weighted by Crippen LogP contribution is -2.10. The minimum absolute atomic E-state index is 0.0182. The summed E-state index contributed by atoms with van der Waals surface area (Å²) in [4.78, 5) is 16.4. The number of aromatic amines is 1. The van der Waals surface area contributed by atoms with Crippen LogP contribution < -0.4 is 10.5 Å². The van der Waals surface area contributed by atoms with Gasteiger partial charge in [-0.25, -0.2) is 0 Å². The number of H-pyrrole nitrogens is 1. The highest BCUT2D eigenvalue weighted by Crippen LogP contribution is 2.18. The van der Waals surface area contributed by atoms with Gasteiger partial charge in [-0.2, -0.15) is 0 Å². The Morgan fingerprint density at radius 3 is 2.60 bits per heavy atom. The van der Waals surface area contributed by atoms with Gasteiger partial charge >= 0.3 is 0 Å². The van der Waals surface area contributed by atoms with Gasteiger partial charge in [0.15, 0.2) is 0 Å². The molecular formula is C12H14N2O. The zero-order chi connectivity index (χ0) is 11.0. The van der Waals surface area contributed by atoms with Crippen LogP contribution >= 0.6 is 0 Å². The van der Waals surface area contributed by atoms with Gasteiger partial charge in [-0.3, -0.25) is 4.79 Å². The predicted molar refractivity (Wildman–Crippen MR) is 63.6 cm³/mol. The molecule has 0 atom stereocenters. The quantitative estimate of drug-likeness (QED) is 0.766. The predicted octanol–water partition coefficient (Wildman–Crippen LogP) is 1.90. The summed E-state index contributed by atoms with van der Waals surface area (Å²) in [7, 11) is 3.97. The third kappa shape index (κ3) is 1.73. The summed E-state index contributed by atoms with van der Waals surface area (Å²) < 4.78 is 0. The Hall–Kier alpha value is -1.77. The number of anilines is 1. The Morgan fingerprint density at radius 2 is 1.93 bits per heavy atom. The first-order chi connectivity index (χ1) is 7.08. The van der Waals surface area contributed by atoms with E-state index in [9.17, 15) is 4.79 Å². The van der Waals surface area contributed by atoms with Crippen LogP contribution in [0.2, 0.25) is 0 Å². The van der Waals surface area contributed by atoms with Crippen molar-refractivity contribution in [2.24, 2.45) is 0 Å². The molecular weight excluding hydrogens is 188 g/mol. The lowest BCUT2D eigenvalue weighted by atomic mass is 10.1. The average Bonchev–Trinajstić information content (AvgIpc) is 2.16. The summed E-state index contributed by atoms with van der Waals surface area (Å²) in [5, 5.41) is 1.73. The van der Waals surface area contributed by atoms with Crippen LogP contribution in [0, 0.1) is 6.92 Å². The first-order valence-electron chi connectivity index (χ1n) is 4.89. The Morgan fingerprint density at radius 1 is 1.20 bits per heavy atom. The molecule has 2 rings (SSSR count). The number of hydrogen-bond donors (Lipinski definition) is 1. The number of hydrogen-bond acceptors (Lipinski definition) is 2. The highest BCUT2D eigenvalue weighted by molar-refractivity contribution is 5.85. The zero-order valence-electron chi connectivity index (χ0n) is 9.16. The number of nitrogens with one attached hydrogen (secondary N) is 1. The minimum atomic E-state index is -0.0182. The van der Waals surface area contributed by atoms with Crippen molar-refractivity contribution in [2.75, 3.05) is 19.0 Å². The summed E-state index contributed by atoms with van der Waals surface area (Å²) in [5.41, 5.74) is 1.98. The fourth-order valence-electron chi connectivity index (χ4n) is 1.67. The maximum atomic E-state index is 11.6. The van der Waals surface area contributed by atoms with Gasteiger partial charge in [0.1, 0.15) is 0 Å². The standard InChI is InChI=1S/C12H14N2O/c1-8-6-9-7-10(14(2)3)4-5-11(9)12(15)13-8/h4-7H,1-3H3,(H,13,15). The van der Waals surface area contributed by atoms with Gasteiger partial charge in [0.2, 0.25) is 0 Å². The number of rotatable bonds is 1. The second-order valence-corrected chi connectivity index (χ2v) is 3.95. The van der Waals surface area contributed by atoms with E-state index in [1.807, 2.05) is 50.2 Å². The van der Waals surface area contributed by atoms with E-state index in [0.717, 1.165) is 22.2 Å². The van der Waals surface area contributed by atoms with Crippen molar-refractivity contribution in [3.63, 3.8) is 0 Å². The van der Waals surface area contributed by atoms with Crippen molar-refractivity contribution in [2.45, 2.75) is 6.92 Å². The van der Waals surface area contributed by atoms with E-state index in [2.05, 4.69) is 4.98 Å². The van der Waals surface area contributed by atoms with Gasteiger partial charge in [0.05, 0.1) is 0 Å². The van der Waals surface area contributed by atoms with Crippen LogP contribution in [0.15, 0.2) is 29.1 Å². The molecule has 0 saturated heterocycles. The van der Waals surface area contributed by atoms with Crippen molar-refractivity contribution in [3.05, 3.63) is 40.3 Å². The van der Waals surface area contributed by atoms with Crippen molar-refractivity contribution in [3.8, 4) is 0 Å². The van der Waals surface area contributed by atoms with E-state index in [1.165, 1.54) is 0 Å². The third-order valence-electron chi connectivity index (χ3n) is 2.48. The molecule has 1 aromatic carbocycles. The Balaban J connectivity index is 2.77. The molecule has 15 heavy (non-hydrogen) atoms. The van der Waals surface area contributed by atoms with Crippen LogP contribution in [-0.4, -0.2) is 19.1 Å². The molecule has 1 aromatic heterocycles. The van der Waals surface area contributed by atoms with E-state index in [4.69, 9.17) is 0 Å². The highest BCUT2D eigenvalue weighted by atomic mass is 16.1. The normalized spacial score (nSPS) is 10.6. The van der Waals surface area contributed by atoms with Crippen molar-refractivity contribution in [1.29, 1.82) is 0 Å². The average molecular weight is 202 g/mol. The molecule has 0 amide bonds. The number of fused-ring (bicyclic) bond motifs is 1. The monoisotopic (exact) mass is 202 g/mol. The Labute approximate surface area is 88.3 Å². The van der Waals surface area contributed by atoms with Gasteiger partial charge in [-0.15, -0.1) is 0 Å². The molecule has 0 radical (unpaired) electrons. The molecule has 2 aromatic rings. The van der Waals surface area contributed by atoms with E-state index in [0.29, 0.717) is 0 Å². The number of pyridine rings is 1. The van der Waals surface area contributed by atoms with E-state index in [-0.39, 0.29) is 5.56 Å². The summed E-state index contributed by atoms with van der Waals surface area (Å²) in [6.07, 6.45) is 0. The molecule has 78 valence electrons. The van der Waals surface area contributed by atoms with Crippen molar-refractivity contribution in [1.82, 2.24) is 4.98 Å². The maximum absolute atomic E-state index is 11.6. The first-order valence-corrected chi connectivity index (χ1v) is 4.89. The molecule has 0 bridgehead atoms. The van der Waals surface area contributed by atoms with Crippen LogP contribution in [0.1, 0.15) is 5.69 Å². The topological polar surface area (TPSA) is 36.1 Å². The SMILES string of the molecule is Cc1cc2cc(N(C)C)ccc2c(=O)[nH]1. The molecule has 0 saturated carbocycles. The van der Waals surface area contributed by atoms with Crippen LogP contribution in [0.4, 0.5) is 5.69 Å². The van der Waals surface area contributed by atoms with Gasteiger partial charge in [0, 0.05) is 30.9 Å². The molecule has 0 spiro atoms. The van der Waals surface area contributed by atoms with Crippen LogP contribution in [0.25, 0.3) is 10.8 Å². The van der Waals surface area contributed by atoms with Gasteiger partial charge in [-0.05, 0) is 36.6 Å². The fourth-order valence-corrected chi connectivity index (χ4v) is 1.67. The number of aryl methyl sites for hydroxylation is 1. The maximum Gasteiger partial charge on any atom is 0.256 e. The Bertz CT molecular complexity index is 555. The van der Waals surface area contributed by atoms with Crippen LogP contribution in [0.5, 0.6) is 0 Å². The van der Waals surface area contributed by atoms with E-state index in [1.54, 1.807) is 0 Å². The second kappa shape index (κ2) is 3.42. The molecule has 0 aliphatic heterocycles. The molecule has 0 unspecified atom stereocenters. The molecule has 3 heteroatoms. The third-order valence-corrected chi connectivity index (χ3v) is 2.48. The van der Waals surface area contributed by atoms with Gasteiger partial charge < -0.3 is 9.88 Å². The fraction of sp³-hybridized carbons (Fsp3) is 0.250. The second-order valence-electron chi connectivity index (χ2n) is 3.95. The largest absolute Gasteiger partial charge is 0.378 e. The molecule has 0 aliphatic rings. The van der Waals surface area contributed by atoms with Crippen LogP contribution in [0.3, 0.4) is 0 Å². The minimum Gasteiger partial charge on any atom is -0.378 e. The molecule has 0 aliphatic carbocycles. The van der Waals surface area contributed by atoms with Crippen molar-refractivity contribution >= 4 is 16.5 Å². The highest BCUT2D eigenvalue weighted by Gasteiger charge is 2.02. The first kappa shape index (κ1) is 9.77. The molecule has 1 heterocycles.